The highest BCUT2D eigenvalue weighted by molar-refractivity contribution is 6.05. The first kappa shape index (κ1) is 17.9. The molecule has 1 aromatic rings. The van der Waals surface area contributed by atoms with E-state index >= 15 is 0 Å². The number of likely N-dealkylation sites (tertiary alicyclic amines) is 1. The maximum atomic E-state index is 12.6. The number of rotatable bonds is 4. The Balaban J connectivity index is 1.14. The molecule has 148 valence electrons. The molecule has 0 radical (unpaired) electrons. The first-order chi connectivity index (χ1) is 13.7. The minimum atomic E-state index is -0.123. The number of ether oxygens (including phenoxy) is 1. The fourth-order valence-electron chi connectivity index (χ4n) is 4.89. The Kier molecular flexibility index (Phi) is 4.69. The summed E-state index contributed by atoms with van der Waals surface area (Å²) in [5.74, 6) is 0.846. The maximum absolute atomic E-state index is 12.6. The van der Waals surface area contributed by atoms with Crippen molar-refractivity contribution < 1.29 is 14.3 Å². The topological polar surface area (TPSA) is 53.1 Å². The van der Waals surface area contributed by atoms with Gasteiger partial charge in [0.15, 0.2) is 0 Å². The zero-order valence-electron chi connectivity index (χ0n) is 16.2. The molecule has 2 amide bonds. The molecule has 0 bridgehead atoms. The molecule has 0 spiro atoms. The standard InChI is InChI=1S/C22H27N3O3/c26-21-18-3-1-2-4-19(18)22(27)25(21)15-24-10-8-23(9-11-24)14-16-5-6-20-17(13-16)7-12-28-20/h1-2,5-6,13,18-19H,3-4,7-12,14-15H2/t18-,19+. The highest BCUT2D eigenvalue weighted by Crippen LogP contribution is 2.35. The van der Waals surface area contributed by atoms with Crippen LogP contribution >= 0.6 is 0 Å². The van der Waals surface area contributed by atoms with Gasteiger partial charge in [-0.2, -0.15) is 0 Å². The van der Waals surface area contributed by atoms with Gasteiger partial charge in [0.25, 0.3) is 0 Å². The highest BCUT2D eigenvalue weighted by atomic mass is 16.5. The van der Waals surface area contributed by atoms with Crippen LogP contribution in [-0.4, -0.2) is 66.0 Å². The van der Waals surface area contributed by atoms with Crippen molar-refractivity contribution in [2.45, 2.75) is 25.8 Å². The second-order valence-corrected chi connectivity index (χ2v) is 8.34. The number of carbonyl (C=O) groups is 2. The number of hydrogen-bond donors (Lipinski definition) is 0. The van der Waals surface area contributed by atoms with Crippen molar-refractivity contribution in [1.29, 1.82) is 0 Å². The molecule has 3 heterocycles. The second-order valence-electron chi connectivity index (χ2n) is 8.34. The van der Waals surface area contributed by atoms with Gasteiger partial charge in [0.2, 0.25) is 11.8 Å². The number of fused-ring (bicyclic) bond motifs is 2. The van der Waals surface area contributed by atoms with Crippen LogP contribution in [0.15, 0.2) is 30.4 Å². The quantitative estimate of drug-likeness (QED) is 0.586. The molecule has 0 aromatic heterocycles. The molecule has 28 heavy (non-hydrogen) atoms. The molecule has 5 rings (SSSR count). The number of carbonyl (C=O) groups excluding carboxylic acids is 2. The summed E-state index contributed by atoms with van der Waals surface area (Å²) in [4.78, 5) is 31.5. The van der Waals surface area contributed by atoms with E-state index in [1.165, 1.54) is 16.0 Å². The fourth-order valence-corrected chi connectivity index (χ4v) is 4.89. The number of piperazine rings is 1. The molecule has 0 saturated carbocycles. The molecule has 1 aromatic carbocycles. The minimum Gasteiger partial charge on any atom is -0.493 e. The van der Waals surface area contributed by atoms with Crippen LogP contribution in [0.25, 0.3) is 0 Å². The number of amides is 2. The van der Waals surface area contributed by atoms with Crippen LogP contribution in [0.3, 0.4) is 0 Å². The van der Waals surface area contributed by atoms with Crippen molar-refractivity contribution in [3.8, 4) is 5.75 Å². The van der Waals surface area contributed by atoms with Crippen molar-refractivity contribution in [2.75, 3.05) is 39.5 Å². The van der Waals surface area contributed by atoms with E-state index < -0.39 is 0 Å². The first-order valence-corrected chi connectivity index (χ1v) is 10.4. The van der Waals surface area contributed by atoms with Crippen LogP contribution in [-0.2, 0) is 22.6 Å². The van der Waals surface area contributed by atoms with E-state index in [2.05, 4.69) is 28.0 Å². The van der Waals surface area contributed by atoms with Crippen molar-refractivity contribution in [3.63, 3.8) is 0 Å². The molecule has 6 nitrogen and oxygen atoms in total. The predicted octanol–water partition coefficient (Wildman–Crippen LogP) is 1.65. The summed E-state index contributed by atoms with van der Waals surface area (Å²) in [6, 6.07) is 6.52. The second kappa shape index (κ2) is 7.33. The van der Waals surface area contributed by atoms with Gasteiger partial charge in [-0.1, -0.05) is 24.3 Å². The molecule has 6 heteroatoms. The average molecular weight is 381 g/mol. The van der Waals surface area contributed by atoms with Gasteiger partial charge >= 0.3 is 0 Å². The number of imide groups is 1. The molecule has 0 N–H and O–H groups in total. The van der Waals surface area contributed by atoms with Crippen LogP contribution < -0.4 is 4.74 Å². The third-order valence-electron chi connectivity index (χ3n) is 6.57. The largest absolute Gasteiger partial charge is 0.493 e. The minimum absolute atomic E-state index is 0.0298. The van der Waals surface area contributed by atoms with E-state index in [0.29, 0.717) is 19.5 Å². The summed E-state index contributed by atoms with van der Waals surface area (Å²) in [5.41, 5.74) is 2.65. The Labute approximate surface area is 165 Å². The normalized spacial score (nSPS) is 27.8. The monoisotopic (exact) mass is 381 g/mol. The van der Waals surface area contributed by atoms with Crippen LogP contribution in [0.1, 0.15) is 24.0 Å². The Hall–Kier alpha value is -2.18. The molecule has 2 saturated heterocycles. The Morgan fingerprint density at radius 1 is 0.929 bits per heavy atom. The SMILES string of the molecule is O=C1[C@H]2CC=CC[C@H]2C(=O)N1CN1CCN(Cc2ccc3c(c2)CCO3)CC1. The number of hydrogen-bond acceptors (Lipinski definition) is 5. The summed E-state index contributed by atoms with van der Waals surface area (Å²) in [6.07, 6.45) is 6.52. The molecule has 2 fully saturated rings. The lowest BCUT2D eigenvalue weighted by Crippen LogP contribution is -2.51. The molecule has 1 aliphatic carbocycles. The lowest BCUT2D eigenvalue weighted by Gasteiger charge is -2.36. The van der Waals surface area contributed by atoms with E-state index in [4.69, 9.17) is 4.74 Å². The van der Waals surface area contributed by atoms with Gasteiger partial charge in [0, 0.05) is 39.1 Å². The zero-order valence-corrected chi connectivity index (χ0v) is 16.2. The van der Waals surface area contributed by atoms with Crippen molar-refractivity contribution in [2.24, 2.45) is 11.8 Å². The van der Waals surface area contributed by atoms with Crippen molar-refractivity contribution >= 4 is 11.8 Å². The molecular formula is C22H27N3O3. The Morgan fingerprint density at radius 2 is 1.61 bits per heavy atom. The first-order valence-electron chi connectivity index (χ1n) is 10.4. The third kappa shape index (κ3) is 3.25. The van der Waals surface area contributed by atoms with E-state index in [0.717, 1.165) is 51.5 Å². The number of benzene rings is 1. The van der Waals surface area contributed by atoms with E-state index in [1.807, 2.05) is 12.2 Å². The van der Waals surface area contributed by atoms with E-state index in [-0.39, 0.29) is 23.7 Å². The van der Waals surface area contributed by atoms with Gasteiger partial charge in [0.1, 0.15) is 5.75 Å². The Morgan fingerprint density at radius 3 is 2.32 bits per heavy atom. The summed E-state index contributed by atoms with van der Waals surface area (Å²) in [5, 5.41) is 0. The van der Waals surface area contributed by atoms with Gasteiger partial charge in [-0.25, -0.2) is 0 Å². The van der Waals surface area contributed by atoms with Crippen LogP contribution in [0.2, 0.25) is 0 Å². The van der Waals surface area contributed by atoms with Gasteiger partial charge in [-0.3, -0.25) is 24.3 Å². The molecule has 0 unspecified atom stereocenters. The zero-order chi connectivity index (χ0) is 19.1. The molecular weight excluding hydrogens is 354 g/mol. The summed E-state index contributed by atoms with van der Waals surface area (Å²) >= 11 is 0. The lowest BCUT2D eigenvalue weighted by molar-refractivity contribution is -0.142. The van der Waals surface area contributed by atoms with Gasteiger partial charge in [-0.05, 0) is 30.0 Å². The fraction of sp³-hybridized carbons (Fsp3) is 0.545. The highest BCUT2D eigenvalue weighted by Gasteiger charge is 2.47. The third-order valence-corrected chi connectivity index (χ3v) is 6.57. The summed E-state index contributed by atoms with van der Waals surface area (Å²) in [6.45, 7) is 5.88. The predicted molar refractivity (Wildman–Crippen MR) is 105 cm³/mol. The maximum Gasteiger partial charge on any atom is 0.234 e. The van der Waals surface area contributed by atoms with Crippen LogP contribution in [0, 0.1) is 11.8 Å². The average Bonchev–Trinajstić information content (AvgIpc) is 3.28. The number of nitrogens with zero attached hydrogens (tertiary/aromatic N) is 3. The van der Waals surface area contributed by atoms with E-state index in [1.54, 1.807) is 0 Å². The molecule has 4 aliphatic rings. The van der Waals surface area contributed by atoms with Crippen molar-refractivity contribution in [1.82, 2.24) is 14.7 Å². The van der Waals surface area contributed by atoms with Gasteiger partial charge in [0.05, 0.1) is 25.1 Å². The van der Waals surface area contributed by atoms with Gasteiger partial charge < -0.3 is 4.74 Å². The molecule has 2 atom stereocenters. The van der Waals surface area contributed by atoms with Gasteiger partial charge in [-0.15, -0.1) is 0 Å². The van der Waals surface area contributed by atoms with Crippen LogP contribution in [0.5, 0.6) is 5.75 Å². The smallest absolute Gasteiger partial charge is 0.234 e. The van der Waals surface area contributed by atoms with Crippen LogP contribution in [0.4, 0.5) is 0 Å². The van der Waals surface area contributed by atoms with Crippen molar-refractivity contribution in [3.05, 3.63) is 41.5 Å². The molecule has 3 aliphatic heterocycles. The van der Waals surface area contributed by atoms with E-state index in [9.17, 15) is 9.59 Å². The lowest BCUT2D eigenvalue weighted by atomic mass is 9.85. The number of allylic oxidation sites excluding steroid dienone is 2. The summed E-state index contributed by atoms with van der Waals surface area (Å²) in [7, 11) is 0. The summed E-state index contributed by atoms with van der Waals surface area (Å²) < 4.78 is 5.59. The Bertz CT molecular complexity index is 787.